The molecule has 0 aliphatic carbocycles. The summed E-state index contributed by atoms with van der Waals surface area (Å²) in [5.74, 6) is 0. The van der Waals surface area contributed by atoms with E-state index in [1.54, 1.807) is 24.4 Å². The van der Waals surface area contributed by atoms with Crippen LogP contribution in [0.5, 0.6) is 0 Å². The Morgan fingerprint density at radius 1 is 0.923 bits per heavy atom. The molecule has 0 fully saturated rings. The van der Waals surface area contributed by atoms with E-state index in [0.717, 1.165) is 28.5 Å². The number of alkyl halides is 3. The fourth-order valence-electron chi connectivity index (χ4n) is 2.85. The number of aliphatic imine (C=N–C) groups is 1. The van der Waals surface area contributed by atoms with Crippen LogP contribution in [0.15, 0.2) is 77.8 Å². The summed E-state index contributed by atoms with van der Waals surface area (Å²) in [6.45, 7) is 2.00. The molecule has 0 spiro atoms. The summed E-state index contributed by atoms with van der Waals surface area (Å²) in [7, 11) is 0. The van der Waals surface area contributed by atoms with E-state index in [-0.39, 0.29) is 6.04 Å². The lowest BCUT2D eigenvalue weighted by atomic mass is 10.0. The first kappa shape index (κ1) is 17.9. The van der Waals surface area contributed by atoms with E-state index in [0.29, 0.717) is 5.56 Å². The average molecular weight is 353 g/mol. The zero-order valence-electron chi connectivity index (χ0n) is 14.2. The van der Waals surface area contributed by atoms with E-state index in [4.69, 9.17) is 0 Å². The Labute approximate surface area is 150 Å². The van der Waals surface area contributed by atoms with Crippen molar-refractivity contribution in [3.63, 3.8) is 0 Å². The molecule has 0 amide bonds. The monoisotopic (exact) mass is 353 g/mol. The highest BCUT2D eigenvalue weighted by molar-refractivity contribution is 5.86. The summed E-state index contributed by atoms with van der Waals surface area (Å²) < 4.78 is 38.2. The van der Waals surface area contributed by atoms with Gasteiger partial charge in [0.1, 0.15) is 0 Å². The van der Waals surface area contributed by atoms with Gasteiger partial charge in [0.15, 0.2) is 0 Å². The summed E-state index contributed by atoms with van der Waals surface area (Å²) >= 11 is 0. The Kier molecular flexibility index (Phi) is 5.21. The summed E-state index contributed by atoms with van der Waals surface area (Å²) in [6.07, 6.45) is 0.583. The molecule has 0 heterocycles. The molecule has 0 aromatic heterocycles. The lowest BCUT2D eigenvalue weighted by Crippen LogP contribution is -2.04. The quantitative estimate of drug-likeness (QED) is 0.463. The predicted molar refractivity (Wildman–Crippen MR) is 101 cm³/mol. The summed E-state index contributed by atoms with van der Waals surface area (Å²) in [5.41, 5.74) is 0.955. The van der Waals surface area contributed by atoms with Gasteiger partial charge < -0.3 is 0 Å². The molecule has 0 aliphatic heterocycles. The first-order chi connectivity index (χ1) is 12.4. The largest absolute Gasteiger partial charge is 0.416 e. The van der Waals surface area contributed by atoms with Crippen LogP contribution in [0.1, 0.15) is 29.7 Å². The van der Waals surface area contributed by atoms with Gasteiger partial charge in [0.05, 0.1) is 11.6 Å². The third kappa shape index (κ3) is 4.20. The molecule has 0 saturated heterocycles. The van der Waals surface area contributed by atoms with Crippen LogP contribution in [-0.4, -0.2) is 6.21 Å². The second-order valence-electron chi connectivity index (χ2n) is 6.02. The number of fused-ring (bicyclic) bond motifs is 1. The lowest BCUT2D eigenvalue weighted by Gasteiger charge is -2.10. The maximum atomic E-state index is 12.7. The second kappa shape index (κ2) is 7.56. The molecule has 3 aromatic rings. The molecular formula is C22H18F3N. The SMILES string of the molecule is CC(/N=C/C=C/c1cccc(C(F)(F)F)c1)c1cccc2ccccc12. The van der Waals surface area contributed by atoms with E-state index < -0.39 is 11.7 Å². The minimum Gasteiger partial charge on any atom is -0.285 e. The van der Waals surface area contributed by atoms with Crippen molar-refractivity contribution in [3.8, 4) is 0 Å². The maximum Gasteiger partial charge on any atom is 0.416 e. The molecular weight excluding hydrogens is 335 g/mol. The third-order valence-electron chi connectivity index (χ3n) is 4.17. The van der Waals surface area contributed by atoms with Crippen molar-refractivity contribution in [1.29, 1.82) is 0 Å². The Hall–Kier alpha value is -2.88. The fourth-order valence-corrected chi connectivity index (χ4v) is 2.85. The van der Waals surface area contributed by atoms with Crippen molar-refractivity contribution >= 4 is 23.1 Å². The van der Waals surface area contributed by atoms with Gasteiger partial charge in [-0.05, 0) is 47.0 Å². The average Bonchev–Trinajstić information content (AvgIpc) is 2.64. The van der Waals surface area contributed by atoms with Crippen molar-refractivity contribution < 1.29 is 13.2 Å². The van der Waals surface area contributed by atoms with Crippen LogP contribution in [0, 0.1) is 0 Å². The molecule has 0 radical (unpaired) electrons. The maximum absolute atomic E-state index is 12.7. The molecule has 0 N–H and O–H groups in total. The molecule has 0 bridgehead atoms. The summed E-state index contributed by atoms with van der Waals surface area (Å²) in [5, 5.41) is 2.31. The van der Waals surface area contributed by atoms with Gasteiger partial charge in [0.25, 0.3) is 0 Å². The Balaban J connectivity index is 1.75. The van der Waals surface area contributed by atoms with Crippen molar-refractivity contribution in [3.05, 3.63) is 89.5 Å². The molecule has 0 aliphatic rings. The van der Waals surface area contributed by atoms with Crippen LogP contribution in [0.3, 0.4) is 0 Å². The zero-order chi connectivity index (χ0) is 18.6. The number of benzene rings is 3. The highest BCUT2D eigenvalue weighted by atomic mass is 19.4. The molecule has 3 rings (SSSR count). The van der Waals surface area contributed by atoms with E-state index in [2.05, 4.69) is 23.2 Å². The van der Waals surface area contributed by atoms with Gasteiger partial charge in [-0.3, -0.25) is 4.99 Å². The summed E-state index contributed by atoms with van der Waals surface area (Å²) in [6, 6.07) is 19.4. The van der Waals surface area contributed by atoms with Gasteiger partial charge in [-0.25, -0.2) is 0 Å². The topological polar surface area (TPSA) is 12.4 Å². The third-order valence-corrected chi connectivity index (χ3v) is 4.17. The highest BCUT2D eigenvalue weighted by Crippen LogP contribution is 2.30. The van der Waals surface area contributed by atoms with Crippen molar-refractivity contribution in [2.24, 2.45) is 4.99 Å². The van der Waals surface area contributed by atoms with Gasteiger partial charge >= 0.3 is 6.18 Å². The lowest BCUT2D eigenvalue weighted by molar-refractivity contribution is -0.137. The van der Waals surface area contributed by atoms with Gasteiger partial charge in [0, 0.05) is 6.21 Å². The van der Waals surface area contributed by atoms with E-state index in [1.807, 2.05) is 31.2 Å². The van der Waals surface area contributed by atoms with Crippen LogP contribution in [0.4, 0.5) is 13.2 Å². The molecule has 132 valence electrons. The van der Waals surface area contributed by atoms with Crippen molar-refractivity contribution in [1.82, 2.24) is 0 Å². The molecule has 0 saturated carbocycles. The normalized spacial score (nSPS) is 13.7. The number of hydrogen-bond donors (Lipinski definition) is 0. The van der Waals surface area contributed by atoms with Crippen LogP contribution < -0.4 is 0 Å². The Bertz CT molecular complexity index is 950. The van der Waals surface area contributed by atoms with Crippen LogP contribution in [0.25, 0.3) is 16.8 Å². The zero-order valence-corrected chi connectivity index (χ0v) is 14.2. The van der Waals surface area contributed by atoms with E-state index in [1.165, 1.54) is 6.07 Å². The fraction of sp³-hybridized carbons (Fsp3) is 0.136. The predicted octanol–water partition coefficient (Wildman–Crippen LogP) is 6.70. The number of rotatable bonds is 4. The minimum absolute atomic E-state index is 0.0488. The standard InChI is InChI=1S/C22H18F3N/c1-16(20-13-5-10-18-9-2-3-12-21(18)20)26-14-6-8-17-7-4-11-19(15-17)22(23,24)25/h2-16H,1H3/b8-6+,26-14+. The molecule has 4 heteroatoms. The van der Waals surface area contributed by atoms with E-state index >= 15 is 0 Å². The smallest absolute Gasteiger partial charge is 0.285 e. The van der Waals surface area contributed by atoms with Crippen LogP contribution in [0.2, 0.25) is 0 Å². The van der Waals surface area contributed by atoms with E-state index in [9.17, 15) is 13.2 Å². The molecule has 3 aromatic carbocycles. The number of nitrogens with zero attached hydrogens (tertiary/aromatic N) is 1. The molecule has 1 unspecified atom stereocenters. The summed E-state index contributed by atoms with van der Waals surface area (Å²) in [4.78, 5) is 4.50. The Morgan fingerprint density at radius 3 is 2.46 bits per heavy atom. The molecule has 1 atom stereocenters. The second-order valence-corrected chi connectivity index (χ2v) is 6.02. The minimum atomic E-state index is -4.33. The van der Waals surface area contributed by atoms with Crippen LogP contribution >= 0.6 is 0 Å². The van der Waals surface area contributed by atoms with Crippen molar-refractivity contribution in [2.75, 3.05) is 0 Å². The number of halogens is 3. The first-order valence-corrected chi connectivity index (χ1v) is 8.30. The van der Waals surface area contributed by atoms with Gasteiger partial charge in [-0.1, -0.05) is 60.7 Å². The molecule has 1 nitrogen and oxygen atoms in total. The van der Waals surface area contributed by atoms with Crippen molar-refractivity contribution in [2.45, 2.75) is 19.1 Å². The van der Waals surface area contributed by atoms with Gasteiger partial charge in [-0.15, -0.1) is 0 Å². The van der Waals surface area contributed by atoms with Gasteiger partial charge in [0.2, 0.25) is 0 Å². The molecule has 26 heavy (non-hydrogen) atoms. The first-order valence-electron chi connectivity index (χ1n) is 8.30. The number of allylic oxidation sites excluding steroid dienone is 1. The highest BCUT2D eigenvalue weighted by Gasteiger charge is 2.30. The van der Waals surface area contributed by atoms with Crippen LogP contribution in [-0.2, 0) is 6.18 Å². The number of hydrogen-bond acceptors (Lipinski definition) is 1. The Morgan fingerprint density at radius 2 is 1.65 bits per heavy atom. The van der Waals surface area contributed by atoms with Gasteiger partial charge in [-0.2, -0.15) is 13.2 Å².